The maximum atomic E-state index is 13.2. The Labute approximate surface area is 105 Å². The number of nitro groups is 1. The molecule has 5 nitrogen and oxygen atoms in total. The summed E-state index contributed by atoms with van der Waals surface area (Å²) < 4.78 is 13.2. The number of piperazine rings is 1. The standard InChI is InChI=1S/C12H16FN3O2/c13-9-12(15-6-4-14-5-7-15)10-2-1-3-11(8-10)16(17)18/h1-3,8,12,14H,4-7,9H2/t12-/m1/s1. The molecule has 1 aliphatic rings. The molecule has 1 N–H and O–H groups in total. The zero-order valence-electron chi connectivity index (χ0n) is 10.0. The van der Waals surface area contributed by atoms with Crippen molar-refractivity contribution in [1.29, 1.82) is 0 Å². The van der Waals surface area contributed by atoms with Crippen LogP contribution >= 0.6 is 0 Å². The SMILES string of the molecule is O=[N+]([O-])c1cccc([C@@H](CF)N2CCNCC2)c1. The fourth-order valence-corrected chi connectivity index (χ4v) is 2.24. The minimum absolute atomic E-state index is 0.0149. The summed E-state index contributed by atoms with van der Waals surface area (Å²) in [5.74, 6) is 0. The molecule has 1 heterocycles. The molecule has 2 rings (SSSR count). The smallest absolute Gasteiger partial charge is 0.269 e. The van der Waals surface area contributed by atoms with Gasteiger partial charge in [-0.3, -0.25) is 15.0 Å². The number of nitro benzene ring substituents is 1. The van der Waals surface area contributed by atoms with Crippen LogP contribution in [0.25, 0.3) is 0 Å². The van der Waals surface area contributed by atoms with E-state index in [4.69, 9.17) is 0 Å². The summed E-state index contributed by atoms with van der Waals surface area (Å²) >= 11 is 0. The molecule has 1 aromatic carbocycles. The van der Waals surface area contributed by atoms with E-state index in [0.29, 0.717) is 5.56 Å². The summed E-state index contributed by atoms with van der Waals surface area (Å²) in [5.41, 5.74) is 0.690. The molecule has 1 atom stereocenters. The van der Waals surface area contributed by atoms with Gasteiger partial charge in [-0.05, 0) is 5.56 Å². The minimum atomic E-state index is -0.527. The molecule has 0 bridgehead atoms. The lowest BCUT2D eigenvalue weighted by atomic mass is 10.0. The van der Waals surface area contributed by atoms with Gasteiger partial charge in [-0.1, -0.05) is 12.1 Å². The molecule has 6 heteroatoms. The topological polar surface area (TPSA) is 58.4 Å². The van der Waals surface area contributed by atoms with Gasteiger partial charge in [0.2, 0.25) is 0 Å². The number of nitrogens with one attached hydrogen (secondary N) is 1. The van der Waals surface area contributed by atoms with Crippen LogP contribution in [0.5, 0.6) is 0 Å². The van der Waals surface area contributed by atoms with Gasteiger partial charge in [0.1, 0.15) is 6.67 Å². The molecule has 0 saturated carbocycles. The Balaban J connectivity index is 2.20. The summed E-state index contributed by atoms with van der Waals surface area (Å²) in [6.45, 7) is 2.65. The summed E-state index contributed by atoms with van der Waals surface area (Å²) in [7, 11) is 0. The van der Waals surface area contributed by atoms with Crippen molar-refractivity contribution < 1.29 is 9.31 Å². The Kier molecular flexibility index (Phi) is 4.22. The molecular weight excluding hydrogens is 237 g/mol. The number of halogens is 1. The van der Waals surface area contributed by atoms with Crippen LogP contribution in [0.15, 0.2) is 24.3 Å². The second-order valence-electron chi connectivity index (χ2n) is 4.31. The third-order valence-corrected chi connectivity index (χ3v) is 3.20. The van der Waals surface area contributed by atoms with Crippen molar-refractivity contribution in [3.8, 4) is 0 Å². The first-order chi connectivity index (χ1) is 8.72. The first kappa shape index (κ1) is 12.9. The van der Waals surface area contributed by atoms with Crippen LogP contribution < -0.4 is 5.32 Å². The van der Waals surface area contributed by atoms with Crippen LogP contribution in [0.2, 0.25) is 0 Å². The van der Waals surface area contributed by atoms with E-state index in [1.54, 1.807) is 12.1 Å². The lowest BCUT2D eigenvalue weighted by Gasteiger charge is -2.33. The van der Waals surface area contributed by atoms with Crippen molar-refractivity contribution >= 4 is 5.69 Å². The van der Waals surface area contributed by atoms with E-state index >= 15 is 0 Å². The number of hydrogen-bond donors (Lipinski definition) is 1. The van der Waals surface area contributed by atoms with Gasteiger partial charge < -0.3 is 5.32 Å². The maximum absolute atomic E-state index is 13.2. The Morgan fingerprint density at radius 2 is 2.17 bits per heavy atom. The fraction of sp³-hybridized carbons (Fsp3) is 0.500. The Morgan fingerprint density at radius 3 is 2.78 bits per heavy atom. The van der Waals surface area contributed by atoms with E-state index in [2.05, 4.69) is 5.32 Å². The molecule has 0 amide bonds. The molecule has 1 fully saturated rings. The van der Waals surface area contributed by atoms with Gasteiger partial charge in [0.15, 0.2) is 0 Å². The molecule has 1 saturated heterocycles. The number of non-ortho nitro benzene ring substituents is 1. The van der Waals surface area contributed by atoms with Crippen molar-refractivity contribution in [3.63, 3.8) is 0 Å². The van der Waals surface area contributed by atoms with Gasteiger partial charge in [0.05, 0.1) is 11.0 Å². The molecule has 98 valence electrons. The number of rotatable bonds is 4. The Bertz CT molecular complexity index is 422. The van der Waals surface area contributed by atoms with Gasteiger partial charge in [-0.2, -0.15) is 0 Å². The predicted octanol–water partition coefficient (Wildman–Crippen LogP) is 1.51. The number of nitrogens with zero attached hydrogens (tertiary/aromatic N) is 2. The van der Waals surface area contributed by atoms with Gasteiger partial charge in [-0.25, -0.2) is 4.39 Å². The highest BCUT2D eigenvalue weighted by molar-refractivity contribution is 5.36. The van der Waals surface area contributed by atoms with Crippen LogP contribution in [-0.4, -0.2) is 42.7 Å². The van der Waals surface area contributed by atoms with Gasteiger partial charge in [0, 0.05) is 38.3 Å². The zero-order chi connectivity index (χ0) is 13.0. The summed E-state index contributed by atoms with van der Waals surface area (Å²) in [6, 6.07) is 5.87. The molecule has 0 unspecified atom stereocenters. The number of benzene rings is 1. The lowest BCUT2D eigenvalue weighted by molar-refractivity contribution is -0.385. The van der Waals surface area contributed by atoms with Crippen LogP contribution in [-0.2, 0) is 0 Å². The quantitative estimate of drug-likeness (QED) is 0.652. The fourth-order valence-electron chi connectivity index (χ4n) is 2.24. The van der Waals surface area contributed by atoms with Gasteiger partial charge in [0.25, 0.3) is 5.69 Å². The summed E-state index contributed by atoms with van der Waals surface area (Å²) in [4.78, 5) is 12.3. The number of hydrogen-bond acceptors (Lipinski definition) is 4. The van der Waals surface area contributed by atoms with Crippen LogP contribution in [0, 0.1) is 10.1 Å². The highest BCUT2D eigenvalue weighted by Crippen LogP contribution is 2.25. The van der Waals surface area contributed by atoms with Gasteiger partial charge >= 0.3 is 0 Å². The summed E-state index contributed by atoms with van der Waals surface area (Å²) in [5, 5.41) is 13.9. The molecule has 0 spiro atoms. The van der Waals surface area contributed by atoms with E-state index in [0.717, 1.165) is 26.2 Å². The molecule has 0 aliphatic carbocycles. The lowest BCUT2D eigenvalue weighted by Crippen LogP contribution is -2.45. The normalized spacial score (nSPS) is 18.5. The van der Waals surface area contributed by atoms with Crippen molar-refractivity contribution in [3.05, 3.63) is 39.9 Å². The molecule has 1 aliphatic heterocycles. The Hall–Kier alpha value is -1.53. The average Bonchev–Trinajstić information content (AvgIpc) is 2.41. The molecular formula is C12H16FN3O2. The molecule has 1 aromatic rings. The van der Waals surface area contributed by atoms with E-state index in [1.807, 2.05) is 4.90 Å². The predicted molar refractivity (Wildman–Crippen MR) is 66.3 cm³/mol. The van der Waals surface area contributed by atoms with E-state index in [-0.39, 0.29) is 11.7 Å². The van der Waals surface area contributed by atoms with Crippen molar-refractivity contribution in [2.24, 2.45) is 0 Å². The third-order valence-electron chi connectivity index (χ3n) is 3.20. The zero-order valence-corrected chi connectivity index (χ0v) is 10.0. The van der Waals surface area contributed by atoms with Crippen LogP contribution in [0.3, 0.4) is 0 Å². The van der Waals surface area contributed by atoms with Crippen LogP contribution in [0.1, 0.15) is 11.6 Å². The summed E-state index contributed by atoms with van der Waals surface area (Å²) in [6.07, 6.45) is 0. The second kappa shape index (κ2) is 5.88. The maximum Gasteiger partial charge on any atom is 0.269 e. The van der Waals surface area contributed by atoms with Gasteiger partial charge in [-0.15, -0.1) is 0 Å². The van der Waals surface area contributed by atoms with Crippen molar-refractivity contribution in [2.75, 3.05) is 32.9 Å². The molecule has 0 aromatic heterocycles. The molecule has 18 heavy (non-hydrogen) atoms. The van der Waals surface area contributed by atoms with E-state index in [9.17, 15) is 14.5 Å². The van der Waals surface area contributed by atoms with Crippen molar-refractivity contribution in [2.45, 2.75) is 6.04 Å². The second-order valence-corrected chi connectivity index (χ2v) is 4.31. The Morgan fingerprint density at radius 1 is 1.44 bits per heavy atom. The number of alkyl halides is 1. The first-order valence-electron chi connectivity index (χ1n) is 5.97. The first-order valence-corrected chi connectivity index (χ1v) is 5.97. The largest absolute Gasteiger partial charge is 0.314 e. The van der Waals surface area contributed by atoms with E-state index in [1.165, 1.54) is 12.1 Å². The highest BCUT2D eigenvalue weighted by Gasteiger charge is 2.23. The monoisotopic (exact) mass is 253 g/mol. The van der Waals surface area contributed by atoms with Crippen molar-refractivity contribution in [1.82, 2.24) is 10.2 Å². The third kappa shape index (κ3) is 2.83. The van der Waals surface area contributed by atoms with E-state index < -0.39 is 11.6 Å². The minimum Gasteiger partial charge on any atom is -0.314 e. The molecule has 0 radical (unpaired) electrons. The average molecular weight is 253 g/mol. The highest BCUT2D eigenvalue weighted by atomic mass is 19.1. The van der Waals surface area contributed by atoms with Crippen LogP contribution in [0.4, 0.5) is 10.1 Å².